The maximum absolute atomic E-state index is 12.4. The fourth-order valence-corrected chi connectivity index (χ4v) is 4.36. The number of rotatable bonds is 8. The van der Waals surface area contributed by atoms with E-state index >= 15 is 0 Å². The lowest BCUT2D eigenvalue weighted by molar-refractivity contribution is -0.354. The number of allylic oxidation sites excluding steroid dienone is 1. The molecule has 2 aliphatic rings. The summed E-state index contributed by atoms with van der Waals surface area (Å²) in [6.07, 6.45) is -11.7. The molecule has 0 unspecified atom stereocenters. The molecule has 2 aromatic rings. The maximum Gasteiger partial charge on any atom is 0.229 e. The second kappa shape index (κ2) is 12.6. The molecular formula is C27H32O13. The molecule has 8 N–H and O–H groups in total. The van der Waals surface area contributed by atoms with Crippen molar-refractivity contribution >= 4 is 11.9 Å². The highest BCUT2D eigenvalue weighted by Crippen LogP contribution is 2.31. The highest BCUT2D eigenvalue weighted by atomic mass is 16.8. The Labute approximate surface area is 228 Å². The molecule has 40 heavy (non-hydrogen) atoms. The summed E-state index contributed by atoms with van der Waals surface area (Å²) in [5, 5.41) is 80.2. The number of phenolic OH excluding ortho intramolecular Hbond substituents is 2. The van der Waals surface area contributed by atoms with Crippen LogP contribution in [0.15, 0.2) is 48.5 Å². The molecular weight excluding hydrogens is 532 g/mol. The van der Waals surface area contributed by atoms with Crippen LogP contribution in [0.3, 0.4) is 0 Å². The van der Waals surface area contributed by atoms with E-state index in [4.69, 9.17) is 18.9 Å². The minimum absolute atomic E-state index is 0.0113. The van der Waals surface area contributed by atoms with Gasteiger partial charge in [0.05, 0.1) is 18.3 Å². The average Bonchev–Trinajstić information content (AvgIpc) is 2.93. The van der Waals surface area contributed by atoms with Crippen molar-refractivity contribution in [3.63, 3.8) is 0 Å². The quantitative estimate of drug-likeness (QED) is 0.143. The fourth-order valence-electron chi connectivity index (χ4n) is 4.36. The van der Waals surface area contributed by atoms with Gasteiger partial charge in [-0.3, -0.25) is 4.79 Å². The van der Waals surface area contributed by atoms with E-state index in [-0.39, 0.29) is 22.8 Å². The summed E-state index contributed by atoms with van der Waals surface area (Å²) in [4.78, 5) is 12.4. The number of aromatic hydroxyl groups is 2. The van der Waals surface area contributed by atoms with E-state index in [1.165, 1.54) is 43.3 Å². The van der Waals surface area contributed by atoms with Gasteiger partial charge in [-0.15, -0.1) is 0 Å². The molecule has 0 bridgehead atoms. The Kier molecular flexibility index (Phi) is 9.41. The van der Waals surface area contributed by atoms with E-state index in [9.17, 15) is 45.6 Å². The van der Waals surface area contributed by atoms with Crippen molar-refractivity contribution < 1.29 is 64.6 Å². The van der Waals surface area contributed by atoms with Crippen molar-refractivity contribution in [3.05, 3.63) is 59.7 Å². The van der Waals surface area contributed by atoms with Gasteiger partial charge in [0.2, 0.25) is 6.29 Å². The number of aliphatic hydroxyl groups is 6. The van der Waals surface area contributed by atoms with Gasteiger partial charge in [-0.05, 0) is 42.8 Å². The predicted molar refractivity (Wildman–Crippen MR) is 135 cm³/mol. The first-order chi connectivity index (χ1) is 19.0. The Morgan fingerprint density at radius 1 is 0.875 bits per heavy atom. The van der Waals surface area contributed by atoms with Crippen LogP contribution in [0.1, 0.15) is 22.8 Å². The summed E-state index contributed by atoms with van der Waals surface area (Å²) >= 11 is 0. The first-order valence-corrected chi connectivity index (χ1v) is 12.5. The predicted octanol–water partition coefficient (Wildman–Crippen LogP) is -0.976. The Balaban J connectivity index is 1.47. The van der Waals surface area contributed by atoms with Gasteiger partial charge in [-0.1, -0.05) is 18.2 Å². The molecule has 2 saturated heterocycles. The van der Waals surface area contributed by atoms with Crippen LogP contribution in [0.5, 0.6) is 17.2 Å². The van der Waals surface area contributed by atoms with Crippen molar-refractivity contribution in [1.29, 1.82) is 0 Å². The summed E-state index contributed by atoms with van der Waals surface area (Å²) in [6, 6.07) is 9.85. The third kappa shape index (κ3) is 6.44. The number of carbonyl (C=O) groups excluding carboxylic acids is 1. The molecule has 0 radical (unpaired) electrons. The van der Waals surface area contributed by atoms with Gasteiger partial charge in [0.15, 0.2) is 18.2 Å². The van der Waals surface area contributed by atoms with Gasteiger partial charge >= 0.3 is 0 Å². The summed E-state index contributed by atoms with van der Waals surface area (Å²) in [5.41, 5.74) is 0.595. The average molecular weight is 565 g/mol. The SMILES string of the molecule is C[C@@H]1O[C@@H](O[C@H]2[C@H](Oc3ccc(/C=C/C(=O)c4ccc(O)cc4O)cc3)O[C@H](CO)[C@@H](O)[C@@H]2O)[C@H](O)[C@H](O)[C@H]1O. The number of carbonyl (C=O) groups is 1. The fraction of sp³-hybridized carbons (Fsp3) is 0.444. The number of phenols is 2. The molecule has 2 aliphatic heterocycles. The zero-order valence-electron chi connectivity index (χ0n) is 21.3. The van der Waals surface area contributed by atoms with Gasteiger partial charge in [-0.2, -0.15) is 0 Å². The maximum atomic E-state index is 12.4. The summed E-state index contributed by atoms with van der Waals surface area (Å²) in [7, 11) is 0. The van der Waals surface area contributed by atoms with E-state index in [1.54, 1.807) is 12.1 Å². The van der Waals surface area contributed by atoms with Crippen LogP contribution in [-0.2, 0) is 14.2 Å². The second-order valence-corrected chi connectivity index (χ2v) is 9.57. The van der Waals surface area contributed by atoms with Gasteiger partial charge in [0.1, 0.15) is 53.9 Å². The van der Waals surface area contributed by atoms with Crippen molar-refractivity contribution in [3.8, 4) is 17.2 Å². The zero-order chi connectivity index (χ0) is 29.1. The Morgan fingerprint density at radius 2 is 1.57 bits per heavy atom. The lowest BCUT2D eigenvalue weighted by Crippen LogP contribution is -2.64. The van der Waals surface area contributed by atoms with Gasteiger partial charge in [0, 0.05) is 6.07 Å². The van der Waals surface area contributed by atoms with Crippen LogP contribution in [0.25, 0.3) is 6.08 Å². The molecule has 218 valence electrons. The summed E-state index contributed by atoms with van der Waals surface area (Å²) in [6.45, 7) is 0.801. The monoisotopic (exact) mass is 564 g/mol. The van der Waals surface area contributed by atoms with Gasteiger partial charge < -0.3 is 59.8 Å². The van der Waals surface area contributed by atoms with Crippen molar-refractivity contribution in [2.75, 3.05) is 6.61 Å². The molecule has 0 amide bonds. The molecule has 0 saturated carbocycles. The highest BCUT2D eigenvalue weighted by molar-refractivity contribution is 6.08. The third-order valence-electron chi connectivity index (χ3n) is 6.73. The number of ketones is 1. The number of ether oxygens (including phenoxy) is 4. The Morgan fingerprint density at radius 3 is 2.23 bits per heavy atom. The molecule has 13 heteroatoms. The molecule has 0 aromatic heterocycles. The largest absolute Gasteiger partial charge is 0.508 e. The van der Waals surface area contributed by atoms with E-state index in [0.717, 1.165) is 6.07 Å². The molecule has 2 fully saturated rings. The van der Waals surface area contributed by atoms with Crippen LogP contribution in [0.4, 0.5) is 0 Å². The van der Waals surface area contributed by atoms with E-state index in [2.05, 4.69) is 0 Å². The zero-order valence-corrected chi connectivity index (χ0v) is 21.3. The first-order valence-electron chi connectivity index (χ1n) is 12.5. The molecule has 10 atom stereocenters. The lowest BCUT2D eigenvalue weighted by atomic mass is 9.97. The number of hydrogen-bond acceptors (Lipinski definition) is 13. The van der Waals surface area contributed by atoms with Crippen molar-refractivity contribution in [2.45, 2.75) is 68.3 Å². The number of hydrogen-bond donors (Lipinski definition) is 8. The van der Waals surface area contributed by atoms with E-state index in [1.807, 2.05) is 0 Å². The number of aliphatic hydroxyl groups excluding tert-OH is 6. The van der Waals surface area contributed by atoms with Gasteiger partial charge in [-0.25, -0.2) is 0 Å². The minimum Gasteiger partial charge on any atom is -0.508 e. The normalized spacial score (nSPS) is 34.6. The number of benzene rings is 2. The molecule has 0 aliphatic carbocycles. The molecule has 0 spiro atoms. The Bertz CT molecular complexity index is 1190. The minimum atomic E-state index is -1.69. The van der Waals surface area contributed by atoms with E-state index in [0.29, 0.717) is 5.56 Å². The molecule has 2 aromatic carbocycles. The van der Waals surface area contributed by atoms with Crippen LogP contribution in [-0.4, -0.2) is 115 Å². The third-order valence-corrected chi connectivity index (χ3v) is 6.73. The standard InChI is InChI=1S/C27H32O13/c1-12-20(32)22(34)24(36)26(37-12)40-25-23(35)21(33)19(11-28)39-27(25)38-15-6-2-13(3-7-15)4-9-17(30)16-8-5-14(29)10-18(16)31/h2-10,12,19-29,31-36H,11H2,1H3/b9-4+/t12-,19+,20-,21+,22+,23-,24+,25+,26-,27+/m0/s1. The van der Waals surface area contributed by atoms with Crippen LogP contribution >= 0.6 is 0 Å². The lowest BCUT2D eigenvalue weighted by Gasteiger charge is -2.45. The van der Waals surface area contributed by atoms with Crippen LogP contribution in [0, 0.1) is 0 Å². The molecule has 13 nitrogen and oxygen atoms in total. The molecule has 2 heterocycles. The summed E-state index contributed by atoms with van der Waals surface area (Å²) < 4.78 is 22.5. The second-order valence-electron chi connectivity index (χ2n) is 9.57. The highest BCUT2D eigenvalue weighted by Gasteiger charge is 2.50. The van der Waals surface area contributed by atoms with Gasteiger partial charge in [0.25, 0.3) is 0 Å². The van der Waals surface area contributed by atoms with Crippen LogP contribution < -0.4 is 4.74 Å². The summed E-state index contributed by atoms with van der Waals surface area (Å²) in [5.74, 6) is -0.811. The molecule has 4 rings (SSSR count). The smallest absolute Gasteiger partial charge is 0.229 e. The van der Waals surface area contributed by atoms with Crippen molar-refractivity contribution in [2.24, 2.45) is 0 Å². The van der Waals surface area contributed by atoms with E-state index < -0.39 is 73.8 Å². The topological polar surface area (TPSA) is 216 Å². The van der Waals surface area contributed by atoms with Crippen LogP contribution in [0.2, 0.25) is 0 Å². The van der Waals surface area contributed by atoms with Crippen molar-refractivity contribution in [1.82, 2.24) is 0 Å². The first kappa shape index (κ1) is 29.9. The Hall–Kier alpha value is -3.11.